The van der Waals surface area contributed by atoms with Gasteiger partial charge in [-0.3, -0.25) is 0 Å². The van der Waals surface area contributed by atoms with Gasteiger partial charge >= 0.3 is 0 Å². The molecule has 3 heteroatoms. The summed E-state index contributed by atoms with van der Waals surface area (Å²) >= 11 is 0. The van der Waals surface area contributed by atoms with Crippen LogP contribution in [0.2, 0.25) is 0 Å². The minimum Gasteiger partial charge on any atom is -0.453 e. The van der Waals surface area contributed by atoms with Crippen LogP contribution >= 0.6 is 0 Å². The second kappa shape index (κ2) is 8.49. The van der Waals surface area contributed by atoms with Crippen molar-refractivity contribution in [2.75, 3.05) is 9.80 Å². The minimum absolute atomic E-state index is 0.291. The van der Waals surface area contributed by atoms with Gasteiger partial charge in [-0.1, -0.05) is 98.8 Å². The van der Waals surface area contributed by atoms with E-state index in [0.29, 0.717) is 0 Å². The number of para-hydroxylation sites is 3. The number of rotatable bonds is 3. The van der Waals surface area contributed by atoms with Gasteiger partial charge in [0.05, 0.1) is 22.7 Å². The molecule has 2 aliphatic rings. The zero-order valence-corrected chi connectivity index (χ0v) is 22.5. The SMILES string of the molecule is CC1(C)c2cccc3c2N(c2cccc(N(c4ccccc4)c4ccccc4)c21)c1c(ccc2ccccc12)O3. The van der Waals surface area contributed by atoms with E-state index in [1.807, 2.05) is 0 Å². The molecule has 0 N–H and O–H groups in total. The Hall–Kier alpha value is -5.02. The molecule has 0 aromatic heterocycles. The Kier molecular flexibility index (Phi) is 4.86. The normalized spacial score (nSPS) is 14.1. The summed E-state index contributed by atoms with van der Waals surface area (Å²) in [5.74, 6) is 1.77. The predicted molar refractivity (Wildman–Crippen MR) is 166 cm³/mol. The highest BCUT2D eigenvalue weighted by atomic mass is 16.5. The van der Waals surface area contributed by atoms with Crippen LogP contribution in [0.5, 0.6) is 11.5 Å². The Labute approximate surface area is 234 Å². The van der Waals surface area contributed by atoms with Gasteiger partial charge in [0.25, 0.3) is 0 Å². The molecule has 8 rings (SSSR count). The lowest BCUT2D eigenvalue weighted by Gasteiger charge is -2.46. The maximum absolute atomic E-state index is 6.60. The van der Waals surface area contributed by atoms with Crippen LogP contribution in [0.4, 0.5) is 34.1 Å². The number of hydrogen-bond donors (Lipinski definition) is 0. The molecule has 0 bridgehead atoms. The molecule has 2 aliphatic heterocycles. The van der Waals surface area contributed by atoms with E-state index < -0.39 is 0 Å². The summed E-state index contributed by atoms with van der Waals surface area (Å²) in [5.41, 5.74) is 9.09. The van der Waals surface area contributed by atoms with Crippen molar-refractivity contribution in [2.24, 2.45) is 0 Å². The fourth-order valence-electron chi connectivity index (χ4n) is 6.62. The van der Waals surface area contributed by atoms with Crippen molar-refractivity contribution in [1.29, 1.82) is 0 Å². The van der Waals surface area contributed by atoms with Crippen LogP contribution in [0.1, 0.15) is 25.0 Å². The lowest BCUT2D eigenvalue weighted by molar-refractivity contribution is 0.472. The highest BCUT2D eigenvalue weighted by molar-refractivity contribution is 6.06. The fraction of sp³-hybridized carbons (Fsp3) is 0.0811. The molecule has 0 aliphatic carbocycles. The number of hydrogen-bond acceptors (Lipinski definition) is 3. The van der Waals surface area contributed by atoms with Crippen molar-refractivity contribution in [3.63, 3.8) is 0 Å². The predicted octanol–water partition coefficient (Wildman–Crippen LogP) is 10.5. The van der Waals surface area contributed by atoms with E-state index in [2.05, 4.69) is 157 Å². The van der Waals surface area contributed by atoms with Crippen LogP contribution in [0.15, 0.2) is 133 Å². The molecule has 3 nitrogen and oxygen atoms in total. The van der Waals surface area contributed by atoms with Gasteiger partial charge in [-0.2, -0.15) is 0 Å². The molecule has 2 heterocycles. The number of benzene rings is 6. The first-order valence-electron chi connectivity index (χ1n) is 13.8. The van der Waals surface area contributed by atoms with Crippen molar-refractivity contribution < 1.29 is 4.74 Å². The van der Waals surface area contributed by atoms with E-state index in [1.165, 1.54) is 33.3 Å². The Morgan fingerprint density at radius 1 is 0.575 bits per heavy atom. The largest absolute Gasteiger partial charge is 0.453 e. The summed E-state index contributed by atoms with van der Waals surface area (Å²) < 4.78 is 6.60. The van der Waals surface area contributed by atoms with Gasteiger partial charge in [-0.15, -0.1) is 0 Å². The van der Waals surface area contributed by atoms with Crippen LogP contribution in [-0.4, -0.2) is 0 Å². The topological polar surface area (TPSA) is 15.7 Å². The molecule has 6 aromatic rings. The van der Waals surface area contributed by atoms with E-state index in [1.54, 1.807) is 0 Å². The highest BCUT2D eigenvalue weighted by Gasteiger charge is 2.44. The number of ether oxygens (including phenoxy) is 1. The summed E-state index contributed by atoms with van der Waals surface area (Å²) in [6, 6.07) is 47.4. The Balaban J connectivity index is 1.47. The average Bonchev–Trinajstić information content (AvgIpc) is 3.00. The molecule has 0 saturated carbocycles. The summed E-state index contributed by atoms with van der Waals surface area (Å²) in [6.45, 7) is 4.68. The molecule has 0 unspecified atom stereocenters. The molecule has 192 valence electrons. The molecule has 6 aromatic carbocycles. The van der Waals surface area contributed by atoms with Gasteiger partial charge < -0.3 is 14.5 Å². The molecule has 0 amide bonds. The summed E-state index contributed by atoms with van der Waals surface area (Å²) in [6.07, 6.45) is 0. The minimum atomic E-state index is -0.291. The van der Waals surface area contributed by atoms with E-state index >= 15 is 0 Å². The third-order valence-corrected chi connectivity index (χ3v) is 8.36. The number of anilines is 6. The first-order valence-corrected chi connectivity index (χ1v) is 13.8. The fourth-order valence-corrected chi connectivity index (χ4v) is 6.62. The van der Waals surface area contributed by atoms with Crippen molar-refractivity contribution in [3.05, 3.63) is 145 Å². The lowest BCUT2D eigenvalue weighted by atomic mass is 9.72. The van der Waals surface area contributed by atoms with Gasteiger partial charge in [0.1, 0.15) is 0 Å². The van der Waals surface area contributed by atoms with Crippen molar-refractivity contribution in [3.8, 4) is 11.5 Å². The first kappa shape index (κ1) is 22.9. The van der Waals surface area contributed by atoms with Crippen LogP contribution < -0.4 is 14.5 Å². The Bertz CT molecular complexity index is 1870. The summed E-state index contributed by atoms with van der Waals surface area (Å²) in [4.78, 5) is 4.84. The molecule has 0 fully saturated rings. The molecule has 0 saturated heterocycles. The van der Waals surface area contributed by atoms with Crippen LogP contribution in [0.25, 0.3) is 10.8 Å². The van der Waals surface area contributed by atoms with Crippen LogP contribution in [0.3, 0.4) is 0 Å². The summed E-state index contributed by atoms with van der Waals surface area (Å²) in [5, 5.41) is 2.38. The standard InChI is InChI=1S/C37H28N2O/c1-37(2)29-19-11-22-32-36(29)39(35-28-18-10-9-13-25(28)23-24-33(35)40-32)31-21-12-20-30(34(31)37)38(26-14-5-3-6-15-26)27-16-7-4-8-17-27/h3-24H,1-2H3. The number of nitrogens with zero attached hydrogens (tertiary/aromatic N) is 2. The maximum Gasteiger partial charge on any atom is 0.152 e. The van der Waals surface area contributed by atoms with E-state index in [4.69, 9.17) is 4.74 Å². The zero-order chi connectivity index (χ0) is 26.8. The Morgan fingerprint density at radius 2 is 1.23 bits per heavy atom. The van der Waals surface area contributed by atoms with Gasteiger partial charge in [-0.25, -0.2) is 0 Å². The molecule has 0 spiro atoms. The monoisotopic (exact) mass is 516 g/mol. The lowest BCUT2D eigenvalue weighted by Crippen LogP contribution is -2.34. The average molecular weight is 517 g/mol. The molecular formula is C37H28N2O. The Morgan fingerprint density at radius 3 is 1.98 bits per heavy atom. The smallest absolute Gasteiger partial charge is 0.152 e. The van der Waals surface area contributed by atoms with Crippen molar-refractivity contribution >= 4 is 44.9 Å². The molecule has 0 atom stereocenters. The van der Waals surface area contributed by atoms with Gasteiger partial charge in [0.15, 0.2) is 11.5 Å². The van der Waals surface area contributed by atoms with Gasteiger partial charge in [0.2, 0.25) is 0 Å². The van der Waals surface area contributed by atoms with E-state index in [0.717, 1.165) is 34.2 Å². The molecule has 40 heavy (non-hydrogen) atoms. The van der Waals surface area contributed by atoms with E-state index in [9.17, 15) is 0 Å². The maximum atomic E-state index is 6.60. The third kappa shape index (κ3) is 3.18. The van der Waals surface area contributed by atoms with Gasteiger partial charge in [0, 0.05) is 27.7 Å². The van der Waals surface area contributed by atoms with Crippen molar-refractivity contribution in [1.82, 2.24) is 0 Å². The molecular weight excluding hydrogens is 488 g/mol. The quantitative estimate of drug-likeness (QED) is 0.232. The van der Waals surface area contributed by atoms with Crippen molar-refractivity contribution in [2.45, 2.75) is 19.3 Å². The molecule has 0 radical (unpaired) electrons. The second-order valence-electron chi connectivity index (χ2n) is 11.0. The zero-order valence-electron chi connectivity index (χ0n) is 22.5. The van der Waals surface area contributed by atoms with Crippen LogP contribution in [-0.2, 0) is 5.41 Å². The second-order valence-corrected chi connectivity index (χ2v) is 11.0. The van der Waals surface area contributed by atoms with Crippen LogP contribution in [0, 0.1) is 0 Å². The van der Waals surface area contributed by atoms with E-state index in [-0.39, 0.29) is 5.41 Å². The highest BCUT2D eigenvalue weighted by Crippen LogP contribution is 2.62. The first-order chi connectivity index (χ1) is 19.6. The third-order valence-electron chi connectivity index (χ3n) is 8.36. The summed E-state index contributed by atoms with van der Waals surface area (Å²) in [7, 11) is 0. The number of fused-ring (bicyclic) bond motifs is 6. The van der Waals surface area contributed by atoms with Gasteiger partial charge in [-0.05, 0) is 59.5 Å².